The minimum absolute atomic E-state index is 0.270. The molecule has 2 nitrogen and oxygen atoms in total. The molecule has 0 radical (unpaired) electrons. The van der Waals surface area contributed by atoms with E-state index >= 15 is 0 Å². The zero-order valence-corrected chi connectivity index (χ0v) is 10.7. The molecular formula is C10H13BrFNOS. The van der Waals surface area contributed by atoms with E-state index in [0.717, 1.165) is 4.47 Å². The van der Waals surface area contributed by atoms with Crippen LogP contribution in [0, 0.1) is 5.82 Å². The molecule has 0 aromatic heterocycles. The molecule has 0 amide bonds. The second-order valence-electron chi connectivity index (χ2n) is 3.09. The van der Waals surface area contributed by atoms with E-state index in [1.54, 1.807) is 12.1 Å². The van der Waals surface area contributed by atoms with Crippen molar-refractivity contribution in [3.8, 4) is 0 Å². The van der Waals surface area contributed by atoms with E-state index in [4.69, 9.17) is 0 Å². The first-order valence-electron chi connectivity index (χ1n) is 4.66. The van der Waals surface area contributed by atoms with Crippen LogP contribution >= 0.6 is 27.9 Å². The van der Waals surface area contributed by atoms with Crippen molar-refractivity contribution in [3.05, 3.63) is 28.5 Å². The topological polar surface area (TPSA) is 32.3 Å². The lowest BCUT2D eigenvalue weighted by Gasteiger charge is -2.09. The summed E-state index contributed by atoms with van der Waals surface area (Å²) in [5, 5.41) is 9.27. The highest BCUT2D eigenvalue weighted by Gasteiger charge is 2.04. The fourth-order valence-corrected chi connectivity index (χ4v) is 1.97. The van der Waals surface area contributed by atoms with Crippen LogP contribution in [0.15, 0.2) is 27.6 Å². The molecule has 1 aromatic carbocycles. The summed E-state index contributed by atoms with van der Waals surface area (Å²) < 4.78 is 16.9. The molecule has 0 aliphatic heterocycles. The van der Waals surface area contributed by atoms with Crippen molar-refractivity contribution in [2.75, 3.05) is 6.54 Å². The van der Waals surface area contributed by atoms with Crippen LogP contribution in [0.25, 0.3) is 0 Å². The van der Waals surface area contributed by atoms with Crippen molar-refractivity contribution in [1.29, 1.82) is 0 Å². The molecule has 84 valence electrons. The lowest BCUT2D eigenvalue weighted by atomic mass is 10.3. The molecular weight excluding hydrogens is 281 g/mol. The van der Waals surface area contributed by atoms with Gasteiger partial charge in [0.15, 0.2) is 0 Å². The van der Waals surface area contributed by atoms with Crippen molar-refractivity contribution in [3.63, 3.8) is 0 Å². The first-order valence-corrected chi connectivity index (χ1v) is 6.27. The molecule has 0 aliphatic rings. The van der Waals surface area contributed by atoms with Gasteiger partial charge in [0.05, 0.1) is 11.0 Å². The van der Waals surface area contributed by atoms with E-state index in [1.807, 2.05) is 6.92 Å². The predicted octanol–water partition coefficient (Wildman–Crippen LogP) is 2.96. The molecule has 0 saturated heterocycles. The molecule has 0 bridgehead atoms. The van der Waals surface area contributed by atoms with Gasteiger partial charge in [0, 0.05) is 11.0 Å². The van der Waals surface area contributed by atoms with Crippen molar-refractivity contribution in [2.24, 2.45) is 0 Å². The highest BCUT2D eigenvalue weighted by atomic mass is 79.9. The Labute approximate surface area is 102 Å². The van der Waals surface area contributed by atoms with E-state index in [1.165, 1.54) is 18.0 Å². The summed E-state index contributed by atoms with van der Waals surface area (Å²) in [6, 6.07) is 4.89. The van der Waals surface area contributed by atoms with Crippen LogP contribution in [0.1, 0.15) is 13.3 Å². The minimum Gasteiger partial charge on any atom is -0.392 e. The molecule has 0 saturated carbocycles. The van der Waals surface area contributed by atoms with Gasteiger partial charge in [-0.1, -0.05) is 22.9 Å². The largest absolute Gasteiger partial charge is 0.392 e. The molecule has 0 aliphatic carbocycles. The quantitative estimate of drug-likeness (QED) is 0.819. The molecule has 0 fully saturated rings. The molecule has 1 atom stereocenters. The molecule has 0 spiro atoms. The Kier molecular flexibility index (Phi) is 5.60. The van der Waals surface area contributed by atoms with Crippen molar-refractivity contribution < 1.29 is 9.50 Å². The van der Waals surface area contributed by atoms with Crippen molar-refractivity contribution >= 4 is 27.9 Å². The second kappa shape index (κ2) is 6.48. The molecule has 15 heavy (non-hydrogen) atoms. The van der Waals surface area contributed by atoms with Gasteiger partial charge < -0.3 is 5.11 Å². The van der Waals surface area contributed by atoms with Gasteiger partial charge in [0.2, 0.25) is 0 Å². The number of hydrogen-bond acceptors (Lipinski definition) is 3. The number of benzene rings is 1. The smallest absolute Gasteiger partial charge is 0.139 e. The first-order chi connectivity index (χ1) is 7.13. The van der Waals surface area contributed by atoms with Crippen LogP contribution in [-0.4, -0.2) is 17.8 Å². The Balaban J connectivity index is 2.44. The predicted molar refractivity (Wildman–Crippen MR) is 64.3 cm³/mol. The van der Waals surface area contributed by atoms with E-state index < -0.39 is 0 Å². The molecule has 5 heteroatoms. The zero-order chi connectivity index (χ0) is 11.3. The Morgan fingerprint density at radius 2 is 2.33 bits per heavy atom. The van der Waals surface area contributed by atoms with E-state index in [2.05, 4.69) is 20.7 Å². The Morgan fingerprint density at radius 1 is 1.60 bits per heavy atom. The normalized spacial score (nSPS) is 12.8. The lowest BCUT2D eigenvalue weighted by molar-refractivity contribution is 0.175. The molecule has 0 unspecified atom stereocenters. The molecule has 2 N–H and O–H groups in total. The summed E-state index contributed by atoms with van der Waals surface area (Å²) in [7, 11) is 0. The fourth-order valence-electron chi connectivity index (χ4n) is 0.918. The van der Waals surface area contributed by atoms with Gasteiger partial charge in [-0.25, -0.2) is 4.39 Å². The van der Waals surface area contributed by atoms with Gasteiger partial charge in [-0.15, -0.1) is 0 Å². The summed E-state index contributed by atoms with van der Waals surface area (Å²) in [5.41, 5.74) is 0. The summed E-state index contributed by atoms with van der Waals surface area (Å²) in [6.45, 7) is 2.36. The minimum atomic E-state index is -0.379. The summed E-state index contributed by atoms with van der Waals surface area (Å²) in [4.78, 5) is 0.529. The van der Waals surface area contributed by atoms with Gasteiger partial charge in [-0.05, 0) is 36.6 Å². The Bertz CT molecular complexity index is 324. The maximum Gasteiger partial charge on any atom is 0.139 e. The van der Waals surface area contributed by atoms with Gasteiger partial charge in [-0.2, -0.15) is 0 Å². The number of aliphatic hydroxyl groups excluding tert-OH is 1. The third kappa shape index (κ3) is 4.51. The standard InChI is InChI=1S/C10H13BrFNOS/c1-2-8(14)6-13-15-10-4-3-7(11)5-9(10)12/h3-5,8,13-14H,2,6H2,1H3/t8-/m1/s1. The lowest BCUT2D eigenvalue weighted by Crippen LogP contribution is -2.20. The maximum absolute atomic E-state index is 13.3. The molecule has 0 heterocycles. The van der Waals surface area contributed by atoms with E-state index in [0.29, 0.717) is 17.9 Å². The number of aliphatic hydroxyl groups is 1. The Morgan fingerprint density at radius 3 is 2.93 bits per heavy atom. The van der Waals surface area contributed by atoms with Crippen LogP contribution in [0.5, 0.6) is 0 Å². The average Bonchev–Trinajstić information content (AvgIpc) is 2.21. The van der Waals surface area contributed by atoms with Gasteiger partial charge in [0.1, 0.15) is 5.82 Å². The maximum atomic E-state index is 13.3. The van der Waals surface area contributed by atoms with Gasteiger partial charge in [0.25, 0.3) is 0 Å². The zero-order valence-electron chi connectivity index (χ0n) is 8.34. The van der Waals surface area contributed by atoms with Crippen LogP contribution in [-0.2, 0) is 0 Å². The SMILES string of the molecule is CC[C@@H](O)CNSc1ccc(Br)cc1F. The van der Waals surface area contributed by atoms with Crippen molar-refractivity contribution in [1.82, 2.24) is 4.72 Å². The first kappa shape index (κ1) is 13.0. The summed E-state index contributed by atoms with van der Waals surface area (Å²) >= 11 is 4.38. The summed E-state index contributed by atoms with van der Waals surface area (Å²) in [5.74, 6) is -0.270. The third-order valence-electron chi connectivity index (χ3n) is 1.87. The highest BCUT2D eigenvalue weighted by molar-refractivity contribution is 9.10. The van der Waals surface area contributed by atoms with Crippen LogP contribution in [0.2, 0.25) is 0 Å². The average molecular weight is 294 g/mol. The van der Waals surface area contributed by atoms with E-state index in [-0.39, 0.29) is 11.9 Å². The monoisotopic (exact) mass is 293 g/mol. The number of nitrogens with one attached hydrogen (secondary N) is 1. The van der Waals surface area contributed by atoms with Crippen LogP contribution in [0.3, 0.4) is 0 Å². The highest BCUT2D eigenvalue weighted by Crippen LogP contribution is 2.22. The van der Waals surface area contributed by atoms with E-state index in [9.17, 15) is 9.50 Å². The van der Waals surface area contributed by atoms with Crippen molar-refractivity contribution in [2.45, 2.75) is 24.3 Å². The Hall–Kier alpha value is -0.100. The van der Waals surface area contributed by atoms with Crippen LogP contribution < -0.4 is 4.72 Å². The number of halogens is 2. The molecule has 1 rings (SSSR count). The fraction of sp³-hybridized carbons (Fsp3) is 0.400. The number of hydrogen-bond donors (Lipinski definition) is 2. The third-order valence-corrected chi connectivity index (χ3v) is 3.22. The second-order valence-corrected chi connectivity index (χ2v) is 4.94. The number of rotatable bonds is 5. The van der Waals surface area contributed by atoms with Crippen LogP contribution in [0.4, 0.5) is 4.39 Å². The van der Waals surface area contributed by atoms with Gasteiger partial charge in [-0.3, -0.25) is 4.72 Å². The summed E-state index contributed by atoms with van der Waals surface area (Å²) in [6.07, 6.45) is 0.312. The van der Waals surface area contributed by atoms with Gasteiger partial charge >= 0.3 is 0 Å². The molecule has 1 aromatic rings.